The Kier molecular flexibility index (Phi) is 3.56. The third kappa shape index (κ3) is 2.95. The third-order valence-corrected chi connectivity index (χ3v) is 2.41. The lowest BCUT2D eigenvalue weighted by Crippen LogP contribution is -2.12. The zero-order chi connectivity index (χ0) is 13.8. The monoisotopic (exact) mass is 257 g/mol. The molecule has 2 heterocycles. The van der Waals surface area contributed by atoms with Crippen LogP contribution in [0.2, 0.25) is 0 Å². The summed E-state index contributed by atoms with van der Waals surface area (Å²) in [5, 5.41) is 9.61. The molecule has 0 aromatic carbocycles. The maximum Gasteiger partial charge on any atom is 0.351 e. The number of aryl methyl sites for hydroxylation is 1. The van der Waals surface area contributed by atoms with Crippen LogP contribution in [0.15, 0.2) is 45.9 Å². The minimum atomic E-state index is -0.849. The summed E-state index contributed by atoms with van der Waals surface area (Å²) in [6.45, 7) is 1.51. The Morgan fingerprint density at radius 3 is 2.89 bits per heavy atom. The first-order valence-corrected chi connectivity index (χ1v) is 5.54. The maximum absolute atomic E-state index is 11.8. The minimum Gasteiger partial charge on any atom is -0.507 e. The Hall–Kier alpha value is -2.69. The Balaban J connectivity index is 2.31. The van der Waals surface area contributed by atoms with E-state index in [9.17, 15) is 14.7 Å². The summed E-state index contributed by atoms with van der Waals surface area (Å²) in [6, 6.07) is 4.71. The predicted molar refractivity (Wildman–Crippen MR) is 69.0 cm³/mol. The lowest BCUT2D eigenvalue weighted by atomic mass is 10.1. The number of hydrogen-bond acceptors (Lipinski definition) is 5. The molecule has 0 unspecified atom stereocenters. The van der Waals surface area contributed by atoms with Gasteiger partial charge < -0.3 is 9.52 Å². The van der Waals surface area contributed by atoms with E-state index in [0.29, 0.717) is 5.56 Å². The quantitative estimate of drug-likeness (QED) is 0.671. The van der Waals surface area contributed by atoms with Gasteiger partial charge in [0.2, 0.25) is 0 Å². The molecule has 2 aromatic rings. The smallest absolute Gasteiger partial charge is 0.351 e. The van der Waals surface area contributed by atoms with Gasteiger partial charge in [0.05, 0.1) is 0 Å². The van der Waals surface area contributed by atoms with Crippen LogP contribution in [-0.2, 0) is 0 Å². The summed E-state index contributed by atoms with van der Waals surface area (Å²) in [4.78, 5) is 27.3. The van der Waals surface area contributed by atoms with E-state index in [1.54, 1.807) is 24.5 Å². The van der Waals surface area contributed by atoms with E-state index in [4.69, 9.17) is 4.42 Å². The van der Waals surface area contributed by atoms with Gasteiger partial charge in [-0.05, 0) is 30.7 Å². The molecular weight excluding hydrogens is 246 g/mol. The third-order valence-electron chi connectivity index (χ3n) is 2.41. The Labute approximate surface area is 108 Å². The SMILES string of the molecule is Cc1cc(O)c(C(=O)/C=C/c2cccnc2)c(=O)o1. The Morgan fingerprint density at radius 1 is 1.47 bits per heavy atom. The number of aromatic hydroxyl groups is 1. The Morgan fingerprint density at radius 2 is 2.26 bits per heavy atom. The number of rotatable bonds is 3. The van der Waals surface area contributed by atoms with E-state index >= 15 is 0 Å². The summed E-state index contributed by atoms with van der Waals surface area (Å²) in [5.41, 5.74) is -0.504. The van der Waals surface area contributed by atoms with E-state index in [1.165, 1.54) is 25.1 Å². The van der Waals surface area contributed by atoms with Crippen molar-refractivity contribution in [3.63, 3.8) is 0 Å². The van der Waals surface area contributed by atoms with Gasteiger partial charge in [0.25, 0.3) is 0 Å². The van der Waals surface area contributed by atoms with Crippen LogP contribution in [0.25, 0.3) is 6.08 Å². The van der Waals surface area contributed by atoms with Crippen LogP contribution in [0, 0.1) is 6.92 Å². The van der Waals surface area contributed by atoms with Crippen molar-refractivity contribution in [3.05, 3.63) is 64.0 Å². The van der Waals surface area contributed by atoms with Crippen LogP contribution in [0.3, 0.4) is 0 Å². The predicted octanol–water partition coefficient (Wildman–Crippen LogP) is 1.94. The molecule has 1 N–H and O–H groups in total. The molecule has 0 amide bonds. The molecule has 0 atom stereocenters. The van der Waals surface area contributed by atoms with Gasteiger partial charge in [-0.15, -0.1) is 0 Å². The topological polar surface area (TPSA) is 80.4 Å². The average molecular weight is 257 g/mol. The second kappa shape index (κ2) is 5.30. The highest BCUT2D eigenvalue weighted by atomic mass is 16.4. The van der Waals surface area contributed by atoms with Crippen molar-refractivity contribution in [2.75, 3.05) is 0 Å². The van der Waals surface area contributed by atoms with Gasteiger partial charge in [-0.1, -0.05) is 6.07 Å². The lowest BCUT2D eigenvalue weighted by molar-refractivity contribution is 0.104. The molecule has 5 nitrogen and oxygen atoms in total. The number of nitrogens with zero attached hydrogens (tertiary/aromatic N) is 1. The summed E-state index contributed by atoms with van der Waals surface area (Å²) < 4.78 is 4.78. The van der Waals surface area contributed by atoms with Crippen molar-refractivity contribution in [3.8, 4) is 5.75 Å². The van der Waals surface area contributed by atoms with Crippen LogP contribution in [-0.4, -0.2) is 15.9 Å². The molecule has 0 spiro atoms. The number of pyridine rings is 1. The molecule has 0 saturated heterocycles. The van der Waals surface area contributed by atoms with Crippen LogP contribution in [0.1, 0.15) is 21.7 Å². The first-order chi connectivity index (χ1) is 9.08. The second-order valence-electron chi connectivity index (χ2n) is 3.89. The Bertz CT molecular complexity index is 686. The molecule has 0 saturated carbocycles. The van der Waals surface area contributed by atoms with Gasteiger partial charge in [0.1, 0.15) is 17.1 Å². The summed E-state index contributed by atoms with van der Waals surface area (Å²) in [6.07, 6.45) is 5.88. The highest BCUT2D eigenvalue weighted by molar-refractivity contribution is 6.08. The zero-order valence-corrected chi connectivity index (χ0v) is 10.2. The van der Waals surface area contributed by atoms with Crippen LogP contribution < -0.4 is 5.63 Å². The highest BCUT2D eigenvalue weighted by Crippen LogP contribution is 2.15. The van der Waals surface area contributed by atoms with Gasteiger partial charge in [-0.2, -0.15) is 0 Å². The van der Waals surface area contributed by atoms with E-state index in [1.807, 2.05) is 0 Å². The number of hydrogen-bond donors (Lipinski definition) is 1. The molecule has 0 aliphatic carbocycles. The molecule has 2 aromatic heterocycles. The largest absolute Gasteiger partial charge is 0.507 e. The summed E-state index contributed by atoms with van der Waals surface area (Å²) in [5.74, 6) is -0.750. The van der Waals surface area contributed by atoms with E-state index < -0.39 is 11.4 Å². The molecule has 0 aliphatic rings. The summed E-state index contributed by atoms with van der Waals surface area (Å²) in [7, 11) is 0. The number of aromatic nitrogens is 1. The molecule has 2 rings (SSSR count). The fraction of sp³-hybridized carbons (Fsp3) is 0.0714. The number of ketones is 1. The van der Waals surface area contributed by atoms with Crippen molar-refractivity contribution >= 4 is 11.9 Å². The number of allylic oxidation sites excluding steroid dienone is 1. The molecular formula is C14H11NO4. The molecule has 0 fully saturated rings. The van der Waals surface area contributed by atoms with Gasteiger partial charge in [-0.3, -0.25) is 9.78 Å². The van der Waals surface area contributed by atoms with E-state index in [-0.39, 0.29) is 17.1 Å². The van der Waals surface area contributed by atoms with Crippen LogP contribution >= 0.6 is 0 Å². The second-order valence-corrected chi connectivity index (χ2v) is 3.89. The minimum absolute atomic E-state index is 0.246. The van der Waals surface area contributed by atoms with E-state index in [2.05, 4.69) is 4.98 Å². The van der Waals surface area contributed by atoms with Gasteiger partial charge in [0, 0.05) is 18.5 Å². The van der Waals surface area contributed by atoms with Gasteiger partial charge in [-0.25, -0.2) is 4.79 Å². The molecule has 0 radical (unpaired) electrons. The molecule has 5 heteroatoms. The standard InChI is InChI=1S/C14H11NO4/c1-9-7-12(17)13(14(18)19-9)11(16)5-4-10-3-2-6-15-8-10/h2-8,17H,1H3/b5-4+. The maximum atomic E-state index is 11.8. The lowest BCUT2D eigenvalue weighted by Gasteiger charge is -1.99. The van der Waals surface area contributed by atoms with Crippen molar-refractivity contribution in [2.45, 2.75) is 6.92 Å². The first kappa shape index (κ1) is 12.8. The first-order valence-electron chi connectivity index (χ1n) is 5.54. The molecule has 96 valence electrons. The number of carbonyl (C=O) groups excluding carboxylic acids is 1. The van der Waals surface area contributed by atoms with Crippen molar-refractivity contribution in [1.29, 1.82) is 0 Å². The average Bonchev–Trinajstić information content (AvgIpc) is 2.36. The number of carbonyl (C=O) groups is 1. The van der Waals surface area contributed by atoms with Gasteiger partial charge in [0.15, 0.2) is 5.78 Å². The van der Waals surface area contributed by atoms with Crippen LogP contribution in [0.5, 0.6) is 5.75 Å². The van der Waals surface area contributed by atoms with Gasteiger partial charge >= 0.3 is 5.63 Å². The zero-order valence-electron chi connectivity index (χ0n) is 10.2. The van der Waals surface area contributed by atoms with E-state index in [0.717, 1.165) is 0 Å². The molecule has 0 bridgehead atoms. The molecule has 19 heavy (non-hydrogen) atoms. The highest BCUT2D eigenvalue weighted by Gasteiger charge is 2.15. The van der Waals surface area contributed by atoms with Crippen molar-refractivity contribution < 1.29 is 14.3 Å². The van der Waals surface area contributed by atoms with Crippen LogP contribution in [0.4, 0.5) is 0 Å². The molecule has 0 aliphatic heterocycles. The fourth-order valence-corrected chi connectivity index (χ4v) is 1.55. The van der Waals surface area contributed by atoms with Crippen molar-refractivity contribution in [2.24, 2.45) is 0 Å². The fourth-order valence-electron chi connectivity index (χ4n) is 1.55. The van der Waals surface area contributed by atoms with Crippen molar-refractivity contribution in [1.82, 2.24) is 4.98 Å². The normalized spacial score (nSPS) is 10.8. The summed E-state index contributed by atoms with van der Waals surface area (Å²) >= 11 is 0.